The molecule has 7 nitrogen and oxygen atoms in total. The maximum absolute atomic E-state index is 14.6. The van der Waals surface area contributed by atoms with Crippen LogP contribution in [-0.4, -0.2) is 39.5 Å². The number of hydrogen-bond donors (Lipinski definition) is 2. The van der Waals surface area contributed by atoms with E-state index < -0.39 is 23.0 Å². The molecule has 0 saturated carbocycles. The number of nitrogens with one attached hydrogen (secondary N) is 2. The van der Waals surface area contributed by atoms with Crippen LogP contribution in [0.15, 0.2) is 76.3 Å². The molecule has 1 atom stereocenters. The van der Waals surface area contributed by atoms with Crippen molar-refractivity contribution in [3.05, 3.63) is 116 Å². The quantitative estimate of drug-likeness (QED) is 0.435. The standard InChI is InChI=1S/C27H24F2N4O3/c28-19-8-5-17(6-9-19)14-32-12-11-20(16-32)30-26(35)22-13-18(7-10-23(22)29)15-33-24-4-2-1-3-21(24)25(34)31-27(33)36/h1-10,13,20H,11-12,14-16H2,(H,30,35)(H,31,34,36). The summed E-state index contributed by atoms with van der Waals surface area (Å²) in [4.78, 5) is 42.0. The van der Waals surface area contributed by atoms with Gasteiger partial charge in [0.15, 0.2) is 0 Å². The number of H-pyrrole nitrogens is 1. The molecule has 0 spiro atoms. The molecule has 3 aromatic carbocycles. The molecule has 2 heterocycles. The molecule has 0 radical (unpaired) electrons. The predicted molar refractivity (Wildman–Crippen MR) is 132 cm³/mol. The van der Waals surface area contributed by atoms with Crippen LogP contribution in [0.3, 0.4) is 0 Å². The maximum Gasteiger partial charge on any atom is 0.329 e. The van der Waals surface area contributed by atoms with Crippen molar-refractivity contribution >= 4 is 16.8 Å². The number of para-hydroxylation sites is 1. The predicted octanol–water partition coefficient (Wildman–Crippen LogP) is 3.02. The molecule has 36 heavy (non-hydrogen) atoms. The second-order valence-corrected chi connectivity index (χ2v) is 9.00. The molecule has 2 N–H and O–H groups in total. The van der Waals surface area contributed by atoms with E-state index in [0.29, 0.717) is 36.0 Å². The lowest BCUT2D eigenvalue weighted by Crippen LogP contribution is -2.37. The number of carbonyl (C=O) groups is 1. The summed E-state index contributed by atoms with van der Waals surface area (Å²) in [7, 11) is 0. The summed E-state index contributed by atoms with van der Waals surface area (Å²) in [6.45, 7) is 2.06. The molecule has 1 unspecified atom stereocenters. The van der Waals surface area contributed by atoms with Crippen LogP contribution in [0.25, 0.3) is 10.9 Å². The first-order chi connectivity index (χ1) is 17.4. The van der Waals surface area contributed by atoms with Gasteiger partial charge in [-0.1, -0.05) is 30.3 Å². The number of benzene rings is 3. The van der Waals surface area contributed by atoms with Crippen molar-refractivity contribution in [1.29, 1.82) is 0 Å². The zero-order valence-corrected chi connectivity index (χ0v) is 19.3. The second-order valence-electron chi connectivity index (χ2n) is 9.00. The van der Waals surface area contributed by atoms with Crippen molar-refractivity contribution in [3.63, 3.8) is 0 Å². The number of likely N-dealkylation sites (tertiary alicyclic amines) is 1. The average molecular weight is 491 g/mol. The number of hydrogen-bond acceptors (Lipinski definition) is 4. The van der Waals surface area contributed by atoms with Crippen LogP contribution >= 0.6 is 0 Å². The van der Waals surface area contributed by atoms with Gasteiger partial charge in [0.05, 0.1) is 23.0 Å². The number of amides is 1. The number of halogens is 2. The van der Waals surface area contributed by atoms with Gasteiger partial charge in [0, 0.05) is 25.7 Å². The number of aromatic nitrogens is 2. The maximum atomic E-state index is 14.6. The number of rotatable bonds is 6. The Balaban J connectivity index is 1.30. The van der Waals surface area contributed by atoms with E-state index in [0.717, 1.165) is 12.1 Å². The van der Waals surface area contributed by atoms with Crippen LogP contribution in [-0.2, 0) is 13.1 Å². The summed E-state index contributed by atoms with van der Waals surface area (Å²) in [6, 6.07) is 17.0. The van der Waals surface area contributed by atoms with Crippen molar-refractivity contribution in [2.45, 2.75) is 25.6 Å². The van der Waals surface area contributed by atoms with E-state index in [1.807, 2.05) is 0 Å². The average Bonchev–Trinajstić information content (AvgIpc) is 3.30. The molecule has 1 aromatic heterocycles. The molecule has 5 rings (SSSR count). The summed E-state index contributed by atoms with van der Waals surface area (Å²) >= 11 is 0. The van der Waals surface area contributed by atoms with Crippen molar-refractivity contribution in [2.75, 3.05) is 13.1 Å². The molecule has 184 valence electrons. The minimum atomic E-state index is -0.656. The minimum absolute atomic E-state index is 0.0611. The van der Waals surface area contributed by atoms with Crippen LogP contribution in [0.2, 0.25) is 0 Å². The third-order valence-electron chi connectivity index (χ3n) is 6.45. The number of nitrogens with zero attached hydrogens (tertiary/aromatic N) is 2. The molecule has 9 heteroatoms. The summed E-state index contributed by atoms with van der Waals surface area (Å²) in [6.07, 6.45) is 0.715. The van der Waals surface area contributed by atoms with Gasteiger partial charge in [-0.3, -0.25) is 24.0 Å². The topological polar surface area (TPSA) is 87.2 Å². The lowest BCUT2D eigenvalue weighted by molar-refractivity contribution is 0.0933. The summed E-state index contributed by atoms with van der Waals surface area (Å²) in [5, 5.41) is 3.27. The van der Waals surface area contributed by atoms with E-state index in [-0.39, 0.29) is 24.0 Å². The first kappa shape index (κ1) is 23.6. The lowest BCUT2D eigenvalue weighted by Gasteiger charge is -2.17. The fraction of sp³-hybridized carbons (Fsp3) is 0.222. The highest BCUT2D eigenvalue weighted by Gasteiger charge is 2.25. The van der Waals surface area contributed by atoms with Gasteiger partial charge < -0.3 is 5.32 Å². The minimum Gasteiger partial charge on any atom is -0.348 e. The molecule has 1 aliphatic heterocycles. The highest BCUT2D eigenvalue weighted by atomic mass is 19.1. The van der Waals surface area contributed by atoms with Crippen molar-refractivity contribution < 1.29 is 13.6 Å². The number of aromatic amines is 1. The fourth-order valence-electron chi connectivity index (χ4n) is 4.63. The second kappa shape index (κ2) is 9.87. The monoisotopic (exact) mass is 490 g/mol. The van der Waals surface area contributed by atoms with E-state index in [1.54, 1.807) is 36.4 Å². The van der Waals surface area contributed by atoms with Crippen LogP contribution in [0.4, 0.5) is 8.78 Å². The third kappa shape index (κ3) is 4.96. The molecule has 1 aliphatic rings. The number of fused-ring (bicyclic) bond motifs is 1. The molecule has 1 fully saturated rings. The zero-order chi connectivity index (χ0) is 25.2. The van der Waals surface area contributed by atoms with E-state index in [2.05, 4.69) is 15.2 Å². The molecular formula is C27H24F2N4O3. The Morgan fingerprint density at radius 3 is 2.53 bits per heavy atom. The lowest BCUT2D eigenvalue weighted by atomic mass is 10.1. The highest BCUT2D eigenvalue weighted by molar-refractivity contribution is 5.95. The Bertz CT molecular complexity index is 1550. The molecule has 4 aromatic rings. The largest absolute Gasteiger partial charge is 0.348 e. The van der Waals surface area contributed by atoms with Gasteiger partial charge in [0.1, 0.15) is 11.6 Å². The van der Waals surface area contributed by atoms with Gasteiger partial charge in [0.2, 0.25) is 0 Å². The van der Waals surface area contributed by atoms with Crippen molar-refractivity contribution in [3.8, 4) is 0 Å². The van der Waals surface area contributed by atoms with Gasteiger partial charge in [-0.25, -0.2) is 13.6 Å². The van der Waals surface area contributed by atoms with Gasteiger partial charge in [-0.2, -0.15) is 0 Å². The van der Waals surface area contributed by atoms with E-state index >= 15 is 0 Å². The van der Waals surface area contributed by atoms with Crippen molar-refractivity contribution in [1.82, 2.24) is 19.8 Å². The first-order valence-electron chi connectivity index (χ1n) is 11.7. The zero-order valence-electron chi connectivity index (χ0n) is 19.3. The van der Waals surface area contributed by atoms with Gasteiger partial charge in [-0.15, -0.1) is 0 Å². The van der Waals surface area contributed by atoms with Crippen LogP contribution in [0.1, 0.15) is 27.9 Å². The van der Waals surface area contributed by atoms with E-state index in [1.165, 1.54) is 34.9 Å². The summed E-state index contributed by atoms with van der Waals surface area (Å²) in [5.74, 6) is -1.47. The molecule has 1 amide bonds. The smallest absolute Gasteiger partial charge is 0.329 e. The highest BCUT2D eigenvalue weighted by Crippen LogP contribution is 2.17. The van der Waals surface area contributed by atoms with Crippen LogP contribution < -0.4 is 16.6 Å². The fourth-order valence-corrected chi connectivity index (χ4v) is 4.63. The normalized spacial score (nSPS) is 15.9. The Morgan fingerprint density at radius 2 is 1.72 bits per heavy atom. The Labute approximate surface area is 205 Å². The van der Waals surface area contributed by atoms with E-state index in [4.69, 9.17) is 0 Å². The Hall–Kier alpha value is -4.11. The van der Waals surface area contributed by atoms with E-state index in [9.17, 15) is 23.2 Å². The Kier molecular flexibility index (Phi) is 6.47. The van der Waals surface area contributed by atoms with Crippen molar-refractivity contribution in [2.24, 2.45) is 0 Å². The SMILES string of the molecule is O=C(NC1CCN(Cc2ccc(F)cc2)C1)c1cc(Cn2c(=O)[nH]c(=O)c3ccccc32)ccc1F. The number of carbonyl (C=O) groups excluding carboxylic acids is 1. The summed E-state index contributed by atoms with van der Waals surface area (Å²) < 4.78 is 29.1. The summed E-state index contributed by atoms with van der Waals surface area (Å²) in [5.41, 5.74) is 0.815. The molecule has 1 saturated heterocycles. The van der Waals surface area contributed by atoms with Crippen LogP contribution in [0, 0.1) is 11.6 Å². The molecule has 0 aliphatic carbocycles. The molecule has 0 bridgehead atoms. The van der Waals surface area contributed by atoms with Gasteiger partial charge in [0.25, 0.3) is 11.5 Å². The van der Waals surface area contributed by atoms with Gasteiger partial charge >= 0.3 is 5.69 Å². The van der Waals surface area contributed by atoms with Crippen LogP contribution in [0.5, 0.6) is 0 Å². The Morgan fingerprint density at radius 1 is 0.972 bits per heavy atom. The van der Waals surface area contributed by atoms with Gasteiger partial charge in [-0.05, 0) is 53.9 Å². The molecular weight excluding hydrogens is 466 g/mol. The third-order valence-corrected chi connectivity index (χ3v) is 6.45. The first-order valence-corrected chi connectivity index (χ1v) is 11.7.